The second-order valence-electron chi connectivity index (χ2n) is 10.1. The van der Waals surface area contributed by atoms with Crippen molar-refractivity contribution in [3.63, 3.8) is 0 Å². The number of nitrogens with two attached hydrogens (primary N) is 1. The molecule has 2 heterocycles. The van der Waals surface area contributed by atoms with Crippen molar-refractivity contribution in [1.29, 1.82) is 0 Å². The molecule has 3 aliphatic rings. The lowest BCUT2D eigenvalue weighted by atomic mass is 9.80. The van der Waals surface area contributed by atoms with Crippen molar-refractivity contribution >= 4 is 12.1 Å². The lowest BCUT2D eigenvalue weighted by Crippen LogP contribution is -2.53. The van der Waals surface area contributed by atoms with E-state index >= 15 is 0 Å². The summed E-state index contributed by atoms with van der Waals surface area (Å²) in [5.41, 5.74) is 4.11. The van der Waals surface area contributed by atoms with Gasteiger partial charge in [-0.1, -0.05) is 36.4 Å². The van der Waals surface area contributed by atoms with Crippen molar-refractivity contribution in [1.82, 2.24) is 4.90 Å². The summed E-state index contributed by atoms with van der Waals surface area (Å²) >= 11 is 0. The minimum absolute atomic E-state index is 0.0418. The smallest absolute Gasteiger partial charge is 0.265 e. The summed E-state index contributed by atoms with van der Waals surface area (Å²) in [6, 6.07) is 18.2. The molecule has 0 bridgehead atoms. The fraction of sp³-hybridized carbons (Fsp3) is 0.379. The maximum Gasteiger partial charge on any atom is 0.265 e. The van der Waals surface area contributed by atoms with Crippen LogP contribution in [0.4, 0.5) is 0 Å². The molecular weight excluding hydrogens is 450 g/mol. The number of rotatable bonds is 9. The molecule has 0 aromatic heterocycles. The molecule has 1 aliphatic carbocycles. The number of ether oxygens (including phenoxy) is 1. The molecule has 0 saturated heterocycles. The zero-order chi connectivity index (χ0) is 25.0. The van der Waals surface area contributed by atoms with Gasteiger partial charge in [0.1, 0.15) is 24.3 Å². The van der Waals surface area contributed by atoms with Gasteiger partial charge in [-0.05, 0) is 62.4 Å². The van der Waals surface area contributed by atoms with E-state index in [9.17, 15) is 5.11 Å². The molecule has 1 fully saturated rings. The number of aliphatic hydroxyl groups excluding tert-OH is 1. The molecule has 2 aromatic carbocycles. The highest BCUT2D eigenvalue weighted by atomic mass is 16.5. The van der Waals surface area contributed by atoms with Crippen LogP contribution >= 0.6 is 0 Å². The molecule has 188 valence electrons. The minimum Gasteiger partial charge on any atom is -0.489 e. The van der Waals surface area contributed by atoms with Crippen LogP contribution in [0.15, 0.2) is 88.4 Å². The first-order valence-corrected chi connectivity index (χ1v) is 12.9. The largest absolute Gasteiger partial charge is 0.489 e. The van der Waals surface area contributed by atoms with E-state index in [1.165, 1.54) is 0 Å². The Labute approximate surface area is 213 Å². The number of benzene rings is 2. The molecule has 1 saturated carbocycles. The SMILES string of the molecule is CN(CCO)CC1CCC(C2=C3C=NC=C[N+]3(N)C(c3cccc(OCc4ccccc4)c3)=N2)CC1. The van der Waals surface area contributed by atoms with E-state index < -0.39 is 0 Å². The van der Waals surface area contributed by atoms with E-state index in [1.54, 1.807) is 6.20 Å². The molecule has 7 heteroatoms. The Morgan fingerprint density at radius 2 is 1.89 bits per heavy atom. The average Bonchev–Trinajstić information content (AvgIpc) is 3.22. The summed E-state index contributed by atoms with van der Waals surface area (Å²) in [7, 11) is 2.09. The number of aliphatic imine (C=N–C) groups is 2. The van der Waals surface area contributed by atoms with Gasteiger partial charge < -0.3 is 14.7 Å². The molecule has 0 spiro atoms. The zero-order valence-corrected chi connectivity index (χ0v) is 21.0. The number of allylic oxidation sites excluding steroid dienone is 2. The van der Waals surface area contributed by atoms with Crippen molar-refractivity contribution in [2.24, 2.45) is 27.7 Å². The second kappa shape index (κ2) is 10.9. The molecule has 2 aromatic rings. The van der Waals surface area contributed by atoms with Crippen LogP contribution in [0, 0.1) is 11.8 Å². The van der Waals surface area contributed by atoms with E-state index in [2.05, 4.69) is 35.1 Å². The number of fused-ring (bicyclic) bond motifs is 1. The normalized spacial score (nSPS) is 25.3. The first-order valence-electron chi connectivity index (χ1n) is 12.9. The summed E-state index contributed by atoms with van der Waals surface area (Å²) < 4.78 is 6.13. The molecule has 0 amide bonds. The van der Waals surface area contributed by atoms with Crippen molar-refractivity contribution in [3.05, 3.63) is 89.5 Å². The van der Waals surface area contributed by atoms with Gasteiger partial charge in [-0.15, -0.1) is 4.59 Å². The number of aliphatic hydroxyl groups is 1. The van der Waals surface area contributed by atoms with E-state index in [-0.39, 0.29) is 11.2 Å². The minimum atomic E-state index is 0.0418. The Balaban J connectivity index is 1.34. The van der Waals surface area contributed by atoms with Crippen LogP contribution in [-0.4, -0.2) is 53.4 Å². The van der Waals surface area contributed by atoms with Crippen LogP contribution < -0.4 is 10.6 Å². The second-order valence-corrected chi connectivity index (χ2v) is 10.1. The van der Waals surface area contributed by atoms with Crippen molar-refractivity contribution in [3.8, 4) is 5.75 Å². The Hall–Kier alpha value is -3.10. The predicted molar refractivity (Wildman–Crippen MR) is 143 cm³/mol. The zero-order valence-electron chi connectivity index (χ0n) is 21.0. The average molecular weight is 487 g/mol. The summed E-state index contributed by atoms with van der Waals surface area (Å²) in [5, 5.41) is 9.20. The Kier molecular flexibility index (Phi) is 7.43. The molecule has 3 N–H and O–H groups in total. The molecule has 7 nitrogen and oxygen atoms in total. The summed E-state index contributed by atoms with van der Waals surface area (Å²) in [6.07, 6.45) is 10.0. The monoisotopic (exact) mass is 486 g/mol. The molecule has 1 atom stereocenters. The van der Waals surface area contributed by atoms with Gasteiger partial charge in [-0.25, -0.2) is 0 Å². The summed E-state index contributed by atoms with van der Waals surface area (Å²) in [4.78, 5) is 11.8. The van der Waals surface area contributed by atoms with Gasteiger partial charge in [0.2, 0.25) is 5.70 Å². The first kappa shape index (κ1) is 24.6. The number of amidine groups is 1. The van der Waals surface area contributed by atoms with Crippen LogP contribution in [0.25, 0.3) is 0 Å². The molecule has 36 heavy (non-hydrogen) atoms. The fourth-order valence-electron chi connectivity index (χ4n) is 5.49. The van der Waals surface area contributed by atoms with E-state index in [0.29, 0.717) is 18.4 Å². The third kappa shape index (κ3) is 5.20. The highest BCUT2D eigenvalue weighted by Crippen LogP contribution is 2.41. The summed E-state index contributed by atoms with van der Waals surface area (Å²) in [5.74, 6) is 9.60. The maximum atomic E-state index is 9.20. The molecule has 2 aliphatic heterocycles. The first-order chi connectivity index (χ1) is 17.6. The topological polar surface area (TPSA) is 83.4 Å². The number of likely N-dealkylation sites (N-methyl/N-ethyl adjacent to an activating group) is 1. The standard InChI is InChI=1S/C29H36N5O2/c1-33(15-17-35)20-22-10-12-24(13-11-22)28-27-19-31-14-16-34(27,30)29(32-28)25-8-5-9-26(18-25)36-21-23-6-3-2-4-7-23/h2-9,14,16,18-19,22,24,35H,10-13,15,17,20-21,30H2,1H3/q+1. The van der Waals surface area contributed by atoms with Gasteiger partial charge in [-0.3, -0.25) is 4.99 Å². The third-order valence-corrected chi connectivity index (χ3v) is 7.45. The van der Waals surface area contributed by atoms with E-state index in [1.807, 2.05) is 48.8 Å². The molecular formula is C29H36N5O2+. The number of nitrogens with zero attached hydrogens (tertiary/aromatic N) is 4. The fourth-order valence-corrected chi connectivity index (χ4v) is 5.49. The Bertz CT molecular complexity index is 1180. The van der Waals surface area contributed by atoms with Gasteiger partial charge in [-0.2, -0.15) is 10.8 Å². The van der Waals surface area contributed by atoms with Gasteiger partial charge in [0.25, 0.3) is 5.84 Å². The Morgan fingerprint density at radius 1 is 1.08 bits per heavy atom. The maximum absolute atomic E-state index is 9.20. The van der Waals surface area contributed by atoms with Crippen molar-refractivity contribution < 1.29 is 14.4 Å². The van der Waals surface area contributed by atoms with Gasteiger partial charge in [0.05, 0.1) is 24.6 Å². The van der Waals surface area contributed by atoms with Crippen LogP contribution in [0.1, 0.15) is 36.8 Å². The number of hydrogen-bond acceptors (Lipinski definition) is 6. The lowest BCUT2D eigenvalue weighted by Gasteiger charge is -2.31. The van der Waals surface area contributed by atoms with Crippen LogP contribution in [0.5, 0.6) is 5.75 Å². The number of quaternary nitrogens is 1. The lowest BCUT2D eigenvalue weighted by molar-refractivity contribution is -0.750. The molecule has 0 radical (unpaired) electrons. The molecule has 1 unspecified atom stereocenters. The van der Waals surface area contributed by atoms with Crippen molar-refractivity contribution in [2.75, 3.05) is 26.7 Å². The van der Waals surface area contributed by atoms with Crippen molar-refractivity contribution in [2.45, 2.75) is 32.3 Å². The third-order valence-electron chi connectivity index (χ3n) is 7.45. The Morgan fingerprint density at radius 3 is 2.67 bits per heavy atom. The highest BCUT2D eigenvalue weighted by Gasteiger charge is 2.46. The highest BCUT2D eigenvalue weighted by molar-refractivity contribution is 6.00. The van der Waals surface area contributed by atoms with Crippen LogP contribution in [0.3, 0.4) is 0 Å². The van der Waals surface area contributed by atoms with E-state index in [0.717, 1.165) is 72.9 Å². The predicted octanol–water partition coefficient (Wildman–Crippen LogP) is 4.21. The van der Waals surface area contributed by atoms with Crippen LogP contribution in [0.2, 0.25) is 0 Å². The quantitative estimate of drug-likeness (QED) is 0.411. The van der Waals surface area contributed by atoms with Crippen LogP contribution in [-0.2, 0) is 6.61 Å². The number of hydrogen-bond donors (Lipinski definition) is 2. The van der Waals surface area contributed by atoms with Gasteiger partial charge >= 0.3 is 0 Å². The molecule has 5 rings (SSSR count). The van der Waals surface area contributed by atoms with Gasteiger partial charge in [0, 0.05) is 19.0 Å². The van der Waals surface area contributed by atoms with Gasteiger partial charge in [0.15, 0.2) is 0 Å². The summed E-state index contributed by atoms with van der Waals surface area (Å²) in [6.45, 7) is 2.48. The van der Waals surface area contributed by atoms with E-state index in [4.69, 9.17) is 15.6 Å².